The van der Waals surface area contributed by atoms with Crippen LogP contribution in [0.25, 0.3) is 0 Å². The van der Waals surface area contributed by atoms with Crippen LogP contribution in [0.5, 0.6) is 0 Å². The molecular weight excluding hydrogens is 316 g/mol. The van der Waals surface area contributed by atoms with Crippen molar-refractivity contribution in [2.24, 2.45) is 5.92 Å². The SMILES string of the molecule is CCCCCCCCCCCCCC(C(O)CC=O)C(C)OC(C)=O. The van der Waals surface area contributed by atoms with Crippen molar-refractivity contribution in [1.29, 1.82) is 0 Å². The molecule has 0 fully saturated rings. The third-order valence-corrected chi connectivity index (χ3v) is 4.93. The molecule has 0 spiro atoms. The number of unbranched alkanes of at least 4 members (excludes halogenated alkanes) is 10. The van der Waals surface area contributed by atoms with E-state index in [1.54, 1.807) is 6.92 Å². The fourth-order valence-electron chi connectivity index (χ4n) is 3.41. The monoisotopic (exact) mass is 356 g/mol. The van der Waals surface area contributed by atoms with E-state index in [0.717, 1.165) is 25.5 Å². The van der Waals surface area contributed by atoms with Gasteiger partial charge in [0.1, 0.15) is 12.4 Å². The van der Waals surface area contributed by atoms with E-state index >= 15 is 0 Å². The lowest BCUT2D eigenvalue weighted by atomic mass is 9.89. The Morgan fingerprint density at radius 2 is 1.44 bits per heavy atom. The predicted molar refractivity (Wildman–Crippen MR) is 102 cm³/mol. The van der Waals surface area contributed by atoms with Gasteiger partial charge in [-0.3, -0.25) is 4.79 Å². The van der Waals surface area contributed by atoms with Crippen molar-refractivity contribution in [3.63, 3.8) is 0 Å². The van der Waals surface area contributed by atoms with Crippen LogP contribution in [0.15, 0.2) is 0 Å². The largest absolute Gasteiger partial charge is 0.462 e. The molecule has 0 aliphatic carbocycles. The van der Waals surface area contributed by atoms with E-state index in [0.29, 0.717) is 0 Å². The topological polar surface area (TPSA) is 63.6 Å². The van der Waals surface area contributed by atoms with Crippen LogP contribution < -0.4 is 0 Å². The highest BCUT2D eigenvalue weighted by atomic mass is 16.5. The van der Waals surface area contributed by atoms with Crippen molar-refractivity contribution in [3.05, 3.63) is 0 Å². The zero-order valence-electron chi connectivity index (χ0n) is 16.7. The minimum absolute atomic E-state index is 0.105. The van der Waals surface area contributed by atoms with Gasteiger partial charge < -0.3 is 14.6 Å². The first-order valence-corrected chi connectivity index (χ1v) is 10.3. The van der Waals surface area contributed by atoms with Gasteiger partial charge in [0, 0.05) is 19.3 Å². The summed E-state index contributed by atoms with van der Waals surface area (Å²) in [6.07, 6.45) is 14.6. The molecule has 0 bridgehead atoms. The highest BCUT2D eigenvalue weighted by molar-refractivity contribution is 5.66. The number of ether oxygens (including phenoxy) is 1. The first kappa shape index (κ1) is 24.1. The Bertz CT molecular complexity index is 330. The summed E-state index contributed by atoms with van der Waals surface area (Å²) in [4.78, 5) is 21.8. The van der Waals surface area contributed by atoms with Gasteiger partial charge in [-0.1, -0.05) is 77.6 Å². The lowest BCUT2D eigenvalue weighted by molar-refractivity contribution is -0.150. The fraction of sp³-hybridized carbons (Fsp3) is 0.905. The minimum Gasteiger partial charge on any atom is -0.462 e. The normalized spacial score (nSPS) is 14.7. The van der Waals surface area contributed by atoms with Gasteiger partial charge in [0.05, 0.1) is 6.10 Å². The number of esters is 1. The summed E-state index contributed by atoms with van der Waals surface area (Å²) in [5.41, 5.74) is 0. The van der Waals surface area contributed by atoms with Crippen molar-refractivity contribution in [2.45, 2.75) is 116 Å². The van der Waals surface area contributed by atoms with Crippen molar-refractivity contribution >= 4 is 12.3 Å². The summed E-state index contributed by atoms with van der Waals surface area (Å²) in [5, 5.41) is 10.1. The maximum Gasteiger partial charge on any atom is 0.302 e. The Hall–Kier alpha value is -0.900. The van der Waals surface area contributed by atoms with E-state index in [1.807, 2.05) is 0 Å². The fourth-order valence-corrected chi connectivity index (χ4v) is 3.41. The maximum atomic E-state index is 11.1. The van der Waals surface area contributed by atoms with E-state index in [4.69, 9.17) is 4.74 Å². The van der Waals surface area contributed by atoms with Crippen LogP contribution in [0.2, 0.25) is 0 Å². The second-order valence-corrected chi connectivity index (χ2v) is 7.27. The summed E-state index contributed by atoms with van der Waals surface area (Å²) in [6.45, 7) is 5.43. The highest BCUT2D eigenvalue weighted by Gasteiger charge is 2.26. The van der Waals surface area contributed by atoms with E-state index in [-0.39, 0.29) is 24.4 Å². The molecule has 4 nitrogen and oxygen atoms in total. The van der Waals surface area contributed by atoms with E-state index in [2.05, 4.69) is 6.92 Å². The van der Waals surface area contributed by atoms with Crippen molar-refractivity contribution < 1.29 is 19.4 Å². The summed E-state index contributed by atoms with van der Waals surface area (Å²) in [5.74, 6) is -0.498. The van der Waals surface area contributed by atoms with Crippen molar-refractivity contribution in [1.82, 2.24) is 0 Å². The van der Waals surface area contributed by atoms with Crippen molar-refractivity contribution in [3.8, 4) is 0 Å². The third-order valence-electron chi connectivity index (χ3n) is 4.93. The zero-order chi connectivity index (χ0) is 18.9. The van der Waals surface area contributed by atoms with Crippen molar-refractivity contribution in [2.75, 3.05) is 0 Å². The van der Waals surface area contributed by atoms with Crippen LogP contribution in [0.3, 0.4) is 0 Å². The van der Waals surface area contributed by atoms with Gasteiger partial charge in [0.25, 0.3) is 0 Å². The van der Waals surface area contributed by atoms with Crippen LogP contribution in [0.4, 0.5) is 0 Å². The molecule has 3 atom stereocenters. The number of aldehydes is 1. The third kappa shape index (κ3) is 14.0. The molecule has 0 aliphatic rings. The molecule has 0 aromatic heterocycles. The van der Waals surface area contributed by atoms with Gasteiger partial charge in [-0.25, -0.2) is 0 Å². The molecule has 0 saturated carbocycles. The van der Waals surface area contributed by atoms with Crippen LogP contribution in [0, 0.1) is 5.92 Å². The lowest BCUT2D eigenvalue weighted by Crippen LogP contribution is -2.33. The van der Waals surface area contributed by atoms with E-state index < -0.39 is 6.10 Å². The summed E-state index contributed by atoms with van der Waals surface area (Å²) < 4.78 is 5.22. The minimum atomic E-state index is -0.727. The molecule has 148 valence electrons. The zero-order valence-corrected chi connectivity index (χ0v) is 16.7. The lowest BCUT2D eigenvalue weighted by Gasteiger charge is -2.27. The molecule has 25 heavy (non-hydrogen) atoms. The average Bonchev–Trinajstić information content (AvgIpc) is 2.55. The van der Waals surface area contributed by atoms with Crippen LogP contribution >= 0.6 is 0 Å². The number of carbonyl (C=O) groups is 2. The van der Waals surface area contributed by atoms with Gasteiger partial charge in [0.15, 0.2) is 0 Å². The van der Waals surface area contributed by atoms with Gasteiger partial charge in [0.2, 0.25) is 0 Å². The van der Waals surface area contributed by atoms with Crippen LogP contribution in [-0.4, -0.2) is 29.6 Å². The van der Waals surface area contributed by atoms with E-state index in [9.17, 15) is 14.7 Å². The van der Waals surface area contributed by atoms with Gasteiger partial charge in [-0.2, -0.15) is 0 Å². The van der Waals surface area contributed by atoms with Gasteiger partial charge >= 0.3 is 5.97 Å². The molecule has 4 heteroatoms. The van der Waals surface area contributed by atoms with Gasteiger partial charge in [-0.15, -0.1) is 0 Å². The summed E-state index contributed by atoms with van der Waals surface area (Å²) in [7, 11) is 0. The van der Waals surface area contributed by atoms with Crippen LogP contribution in [-0.2, 0) is 14.3 Å². The molecule has 0 amide bonds. The standard InChI is InChI=1S/C21H40O4/c1-4-5-6-7-8-9-10-11-12-13-14-15-20(21(24)16-17-22)18(2)25-19(3)23/h17-18,20-21,24H,4-16H2,1-3H3. The molecule has 0 saturated heterocycles. The molecule has 0 aliphatic heterocycles. The molecule has 3 unspecified atom stereocenters. The summed E-state index contributed by atoms with van der Waals surface area (Å²) in [6, 6.07) is 0. The first-order chi connectivity index (χ1) is 12.0. The molecule has 0 aromatic rings. The quantitative estimate of drug-likeness (QED) is 0.221. The number of aliphatic hydroxyl groups excluding tert-OH is 1. The summed E-state index contributed by atoms with van der Waals surface area (Å²) >= 11 is 0. The van der Waals surface area contributed by atoms with E-state index in [1.165, 1.54) is 64.7 Å². The Morgan fingerprint density at radius 3 is 1.88 bits per heavy atom. The Kier molecular flexibility index (Phi) is 16.0. The van der Waals surface area contributed by atoms with Gasteiger partial charge in [-0.05, 0) is 13.3 Å². The van der Waals surface area contributed by atoms with Crippen LogP contribution in [0.1, 0.15) is 104 Å². The molecule has 0 rings (SSSR count). The molecule has 0 aromatic carbocycles. The number of hydrogen-bond donors (Lipinski definition) is 1. The smallest absolute Gasteiger partial charge is 0.302 e. The number of rotatable bonds is 17. The molecular formula is C21H40O4. The molecule has 0 radical (unpaired) electrons. The number of aliphatic hydroxyl groups is 1. The molecule has 0 heterocycles. The predicted octanol–water partition coefficient (Wildman–Crippen LogP) is 5.21. The maximum absolute atomic E-state index is 11.1. The number of hydrogen-bond acceptors (Lipinski definition) is 4. The Morgan fingerprint density at radius 1 is 0.960 bits per heavy atom. The highest BCUT2D eigenvalue weighted by Crippen LogP contribution is 2.23. The number of carbonyl (C=O) groups excluding carboxylic acids is 2. The Labute approximate surface area is 154 Å². The second kappa shape index (κ2) is 16.6. The Balaban J connectivity index is 3.83. The average molecular weight is 357 g/mol. The first-order valence-electron chi connectivity index (χ1n) is 10.3. The molecule has 1 N–H and O–H groups in total. The second-order valence-electron chi connectivity index (χ2n) is 7.27.